The summed E-state index contributed by atoms with van der Waals surface area (Å²) in [7, 11) is 0. The smallest absolute Gasteiger partial charge is 0.352 e. The number of hydrogen-bond donors (Lipinski definition) is 6. The summed E-state index contributed by atoms with van der Waals surface area (Å²) in [6.45, 7) is 0.327. The van der Waals surface area contributed by atoms with Crippen LogP contribution in [0.1, 0.15) is 30.0 Å². The maximum absolute atomic E-state index is 13.5. The number of nitrogens with one attached hydrogen (secondary N) is 3. The number of aliphatic carboxylic acids is 1. The minimum Gasteiger partial charge on any atom is -0.508 e. The Morgan fingerprint density at radius 1 is 1.11 bits per heavy atom. The van der Waals surface area contributed by atoms with E-state index in [1.165, 1.54) is 35.2 Å². The van der Waals surface area contributed by atoms with Gasteiger partial charge < -0.3 is 31.9 Å². The highest BCUT2D eigenvalue weighted by molar-refractivity contribution is 8.00. The molecule has 2 saturated heterocycles. The zero-order valence-electron chi connectivity index (χ0n) is 24.6. The van der Waals surface area contributed by atoms with Crippen LogP contribution in [-0.2, 0) is 30.4 Å². The molecule has 14 nitrogen and oxygen atoms in total. The van der Waals surface area contributed by atoms with Crippen molar-refractivity contribution >= 4 is 63.5 Å². The molecule has 0 bridgehead atoms. The second-order valence-electron chi connectivity index (χ2n) is 11.0. The zero-order valence-corrected chi connectivity index (χ0v) is 26.3. The molecule has 0 spiro atoms. The highest BCUT2D eigenvalue weighted by atomic mass is 32.2. The number of nitrogens with two attached hydrogens (primary N) is 1. The normalized spacial score (nSPS) is 20.6. The van der Waals surface area contributed by atoms with Crippen LogP contribution in [0.5, 0.6) is 5.75 Å². The van der Waals surface area contributed by atoms with Crippen LogP contribution in [0.25, 0.3) is 0 Å². The third kappa shape index (κ3) is 6.55. The van der Waals surface area contributed by atoms with Crippen LogP contribution in [-0.4, -0.2) is 78.4 Å². The third-order valence-corrected chi connectivity index (χ3v) is 9.98. The Balaban J connectivity index is 1.35. The molecule has 3 atom stereocenters. The molecule has 1 aromatic carbocycles. The number of phenolic OH excluding ortho intramolecular Hbond substituents is 1. The van der Waals surface area contributed by atoms with E-state index in [9.17, 15) is 34.2 Å². The fraction of sp³-hybridized carbons (Fsp3) is 0.258. The van der Waals surface area contributed by atoms with Gasteiger partial charge in [-0.3, -0.25) is 29.1 Å². The number of carbonyl (C=O) groups is 5. The fourth-order valence-electron chi connectivity index (χ4n) is 5.92. The molecule has 5 heterocycles. The number of amides is 4. The number of aromatic nitrogens is 2. The summed E-state index contributed by atoms with van der Waals surface area (Å²) < 4.78 is 0. The summed E-state index contributed by atoms with van der Waals surface area (Å²) in [6, 6.07) is 8.37. The van der Waals surface area contributed by atoms with E-state index in [0.717, 1.165) is 4.90 Å². The number of phenols is 1. The second kappa shape index (κ2) is 13.3. The van der Waals surface area contributed by atoms with Crippen molar-refractivity contribution in [3.05, 3.63) is 87.8 Å². The van der Waals surface area contributed by atoms with Gasteiger partial charge in [0.25, 0.3) is 5.91 Å². The Morgan fingerprint density at radius 3 is 2.49 bits per heavy atom. The summed E-state index contributed by atoms with van der Waals surface area (Å²) >= 11 is 2.45. The fourth-order valence-corrected chi connectivity index (χ4v) is 7.85. The van der Waals surface area contributed by atoms with Gasteiger partial charge in [-0.15, -0.1) is 23.1 Å². The van der Waals surface area contributed by atoms with Gasteiger partial charge in [-0.2, -0.15) is 0 Å². The predicted molar refractivity (Wildman–Crippen MR) is 173 cm³/mol. The standard InChI is InChI=1S/C31H29N7O7S2/c32-31-36-17(13-47-31)11-22(40)37-25-28(43)38-26(30(44)45)21(14-46-29(25)38)24(19-7-10-34-27(19)42)20(15-5-8-33-9-6-15)12-23(41)35-16-1-3-18(39)4-2-16/h1-6,8-9,13,20,25,29,39H,7,10-12,14H2,(H2,32,36)(H,34,42)(H,35,41)(H,37,40)(H,44,45)/t20?,25-,29-/m1/s1. The number of nitrogen functional groups attached to an aromatic ring is 1. The van der Waals surface area contributed by atoms with Crippen molar-refractivity contribution in [2.24, 2.45) is 0 Å². The average molecular weight is 676 g/mol. The second-order valence-corrected chi connectivity index (χ2v) is 13.0. The molecule has 4 amide bonds. The van der Waals surface area contributed by atoms with E-state index in [-0.39, 0.29) is 47.9 Å². The van der Waals surface area contributed by atoms with Crippen molar-refractivity contribution in [1.82, 2.24) is 25.5 Å². The van der Waals surface area contributed by atoms with Gasteiger partial charge in [0.05, 0.1) is 12.1 Å². The summed E-state index contributed by atoms with van der Waals surface area (Å²) in [5, 5.41) is 29.7. The van der Waals surface area contributed by atoms with Crippen LogP contribution in [0.2, 0.25) is 0 Å². The largest absolute Gasteiger partial charge is 0.508 e. The Hall–Kier alpha value is -5.22. The number of aromatic hydroxyl groups is 1. The number of β-lactam (4-membered cyclic amide) rings is 1. The van der Waals surface area contributed by atoms with Crippen molar-refractivity contribution in [2.45, 2.75) is 36.6 Å². The van der Waals surface area contributed by atoms with Crippen LogP contribution in [0, 0.1) is 0 Å². The minimum absolute atomic E-state index is 0.0326. The van der Waals surface area contributed by atoms with Crippen molar-refractivity contribution in [1.29, 1.82) is 0 Å². The van der Waals surface area contributed by atoms with Crippen molar-refractivity contribution < 1.29 is 34.2 Å². The predicted octanol–water partition coefficient (Wildman–Crippen LogP) is 1.74. The first-order valence-corrected chi connectivity index (χ1v) is 16.4. The first-order chi connectivity index (χ1) is 22.6. The number of carboxylic acid groups (broad SMARTS) is 1. The topological polar surface area (TPSA) is 217 Å². The van der Waals surface area contributed by atoms with Gasteiger partial charge >= 0.3 is 5.97 Å². The molecule has 6 rings (SSSR count). The molecule has 0 radical (unpaired) electrons. The van der Waals surface area contributed by atoms with Gasteiger partial charge in [-0.05, 0) is 59.5 Å². The van der Waals surface area contributed by atoms with Gasteiger partial charge in [0, 0.05) is 53.7 Å². The molecule has 3 aliphatic heterocycles. The number of anilines is 2. The van der Waals surface area contributed by atoms with E-state index in [0.29, 0.717) is 39.8 Å². The maximum atomic E-state index is 13.5. The van der Waals surface area contributed by atoms with Gasteiger partial charge in [-0.1, -0.05) is 0 Å². The SMILES string of the molecule is Nc1nc(CC(=O)N[C@@H]2C(=O)N3C(C(=O)O)=C(C(=C4CCNC4=O)C(CC(=O)Nc4ccc(O)cc4)c4ccncc4)CS[C@H]23)cs1. The molecule has 2 aromatic heterocycles. The highest BCUT2D eigenvalue weighted by Crippen LogP contribution is 2.47. The molecule has 47 heavy (non-hydrogen) atoms. The molecular weight excluding hydrogens is 647 g/mol. The van der Waals surface area contributed by atoms with E-state index >= 15 is 0 Å². The molecule has 3 aromatic rings. The average Bonchev–Trinajstić information content (AvgIpc) is 3.67. The first kappa shape index (κ1) is 31.7. The molecule has 7 N–H and O–H groups in total. The summed E-state index contributed by atoms with van der Waals surface area (Å²) in [5.41, 5.74) is 7.81. The molecular formula is C31H29N7O7S2. The van der Waals surface area contributed by atoms with E-state index in [1.807, 2.05) is 0 Å². The van der Waals surface area contributed by atoms with Crippen molar-refractivity contribution in [3.8, 4) is 5.75 Å². The van der Waals surface area contributed by atoms with E-state index < -0.39 is 41.0 Å². The minimum atomic E-state index is -1.38. The third-order valence-electron chi connectivity index (χ3n) is 7.98. The lowest BCUT2D eigenvalue weighted by atomic mass is 9.80. The van der Waals surface area contributed by atoms with E-state index in [1.54, 1.807) is 42.0 Å². The first-order valence-electron chi connectivity index (χ1n) is 14.5. The maximum Gasteiger partial charge on any atom is 0.352 e. The Kier molecular flexibility index (Phi) is 8.95. The summed E-state index contributed by atoms with van der Waals surface area (Å²) in [4.78, 5) is 75.1. The summed E-state index contributed by atoms with van der Waals surface area (Å²) in [5.74, 6) is -3.89. The van der Waals surface area contributed by atoms with Crippen LogP contribution < -0.4 is 21.7 Å². The number of fused-ring (bicyclic) bond motifs is 1. The van der Waals surface area contributed by atoms with E-state index in [2.05, 4.69) is 25.9 Å². The number of hydrogen-bond acceptors (Lipinski definition) is 11. The van der Waals surface area contributed by atoms with Gasteiger partial charge in [0.1, 0.15) is 22.9 Å². The lowest BCUT2D eigenvalue weighted by molar-refractivity contribution is -0.150. The van der Waals surface area contributed by atoms with Gasteiger partial charge in [0.2, 0.25) is 17.7 Å². The Labute approximate surface area is 276 Å². The van der Waals surface area contributed by atoms with Gasteiger partial charge in [-0.25, -0.2) is 9.78 Å². The number of nitrogens with zero attached hydrogens (tertiary/aromatic N) is 3. The van der Waals surface area contributed by atoms with E-state index in [4.69, 9.17) is 5.73 Å². The molecule has 16 heteroatoms. The quantitative estimate of drug-likeness (QED) is 0.103. The summed E-state index contributed by atoms with van der Waals surface area (Å²) in [6.07, 6.45) is 3.11. The van der Waals surface area contributed by atoms with Crippen LogP contribution in [0.3, 0.4) is 0 Å². The van der Waals surface area contributed by atoms with Gasteiger partial charge in [0.15, 0.2) is 5.13 Å². The van der Waals surface area contributed by atoms with Crippen molar-refractivity contribution in [3.63, 3.8) is 0 Å². The number of rotatable bonds is 10. The molecule has 0 saturated carbocycles. The molecule has 1 unspecified atom stereocenters. The molecule has 3 aliphatic rings. The van der Waals surface area contributed by atoms with Crippen LogP contribution >= 0.6 is 23.1 Å². The van der Waals surface area contributed by atoms with Crippen LogP contribution in [0.4, 0.5) is 10.8 Å². The Morgan fingerprint density at radius 2 is 1.85 bits per heavy atom. The number of pyridine rings is 1. The number of thioether (sulfide) groups is 1. The lowest BCUT2D eigenvalue weighted by Crippen LogP contribution is -2.70. The van der Waals surface area contributed by atoms with Crippen LogP contribution in [0.15, 0.2) is 76.6 Å². The van der Waals surface area contributed by atoms with Crippen molar-refractivity contribution in [2.75, 3.05) is 23.3 Å². The number of benzene rings is 1. The zero-order chi connectivity index (χ0) is 33.2. The number of carbonyl (C=O) groups excluding carboxylic acids is 4. The number of carboxylic acids is 1. The number of thiazole rings is 1. The monoisotopic (exact) mass is 675 g/mol. The lowest BCUT2D eigenvalue weighted by Gasteiger charge is -2.50. The number of allylic oxidation sites excluding steroid dienone is 1. The molecule has 242 valence electrons. The highest BCUT2D eigenvalue weighted by Gasteiger charge is 2.55. The Bertz CT molecular complexity index is 1820. The molecule has 2 fully saturated rings. The molecule has 0 aliphatic carbocycles.